The lowest BCUT2D eigenvalue weighted by Crippen LogP contribution is -2.14. The summed E-state index contributed by atoms with van der Waals surface area (Å²) in [6.45, 7) is 3.03. The SMILES string of the molecule is CCOC(=O)Cc1ccc(NCC(c2ccccc2)c2ccccc2)cc1. The third kappa shape index (κ3) is 5.45. The van der Waals surface area contributed by atoms with Crippen LogP contribution in [0.5, 0.6) is 0 Å². The Kier molecular flexibility index (Phi) is 6.64. The molecule has 3 aromatic rings. The molecule has 3 nitrogen and oxygen atoms in total. The Balaban J connectivity index is 1.68. The number of carbonyl (C=O) groups is 1. The fourth-order valence-corrected chi connectivity index (χ4v) is 3.14. The highest BCUT2D eigenvalue weighted by Gasteiger charge is 2.13. The van der Waals surface area contributed by atoms with Gasteiger partial charge in [0.1, 0.15) is 0 Å². The zero-order valence-electron chi connectivity index (χ0n) is 15.6. The molecule has 0 aliphatic rings. The molecular weight excluding hydrogens is 334 g/mol. The highest BCUT2D eigenvalue weighted by Crippen LogP contribution is 2.25. The maximum absolute atomic E-state index is 11.6. The van der Waals surface area contributed by atoms with Crippen molar-refractivity contribution in [2.75, 3.05) is 18.5 Å². The van der Waals surface area contributed by atoms with E-state index in [2.05, 4.69) is 53.8 Å². The minimum atomic E-state index is -0.188. The van der Waals surface area contributed by atoms with E-state index < -0.39 is 0 Å². The molecule has 0 saturated carbocycles. The van der Waals surface area contributed by atoms with Crippen LogP contribution in [0.4, 0.5) is 5.69 Å². The molecule has 0 aromatic heterocycles. The standard InChI is InChI=1S/C24H25NO2/c1-2-27-24(26)17-19-13-15-22(16-14-19)25-18-23(20-9-5-3-6-10-20)21-11-7-4-8-12-21/h3-16,23,25H,2,17-18H2,1H3. The largest absolute Gasteiger partial charge is 0.466 e. The maximum atomic E-state index is 11.6. The average molecular weight is 359 g/mol. The molecule has 138 valence electrons. The second-order valence-corrected chi connectivity index (χ2v) is 6.43. The van der Waals surface area contributed by atoms with Crippen LogP contribution < -0.4 is 5.32 Å². The van der Waals surface area contributed by atoms with Crippen LogP contribution in [0.25, 0.3) is 0 Å². The molecule has 0 heterocycles. The van der Waals surface area contributed by atoms with Crippen molar-refractivity contribution in [3.8, 4) is 0 Å². The normalized spacial score (nSPS) is 10.6. The molecule has 0 saturated heterocycles. The highest BCUT2D eigenvalue weighted by atomic mass is 16.5. The Morgan fingerprint density at radius 1 is 0.852 bits per heavy atom. The fraction of sp³-hybridized carbons (Fsp3) is 0.208. The van der Waals surface area contributed by atoms with Gasteiger partial charge in [0, 0.05) is 18.2 Å². The van der Waals surface area contributed by atoms with Crippen LogP contribution in [-0.4, -0.2) is 19.1 Å². The number of esters is 1. The van der Waals surface area contributed by atoms with E-state index in [4.69, 9.17) is 4.74 Å². The summed E-state index contributed by atoms with van der Waals surface area (Å²) in [5.74, 6) is 0.0815. The maximum Gasteiger partial charge on any atom is 0.310 e. The van der Waals surface area contributed by atoms with Gasteiger partial charge < -0.3 is 10.1 Å². The predicted molar refractivity (Wildman–Crippen MR) is 110 cm³/mol. The van der Waals surface area contributed by atoms with Crippen molar-refractivity contribution < 1.29 is 9.53 Å². The van der Waals surface area contributed by atoms with E-state index in [0.29, 0.717) is 13.0 Å². The van der Waals surface area contributed by atoms with E-state index in [9.17, 15) is 4.79 Å². The zero-order chi connectivity index (χ0) is 18.9. The molecule has 0 spiro atoms. The molecule has 1 N–H and O–H groups in total. The van der Waals surface area contributed by atoms with E-state index in [1.807, 2.05) is 43.3 Å². The van der Waals surface area contributed by atoms with Crippen LogP contribution in [0.15, 0.2) is 84.9 Å². The summed E-state index contributed by atoms with van der Waals surface area (Å²) in [6.07, 6.45) is 0.310. The molecule has 0 atom stereocenters. The van der Waals surface area contributed by atoms with Gasteiger partial charge >= 0.3 is 5.97 Å². The van der Waals surface area contributed by atoms with Gasteiger partial charge in [0.05, 0.1) is 13.0 Å². The van der Waals surface area contributed by atoms with Crippen molar-refractivity contribution in [3.05, 3.63) is 102 Å². The number of anilines is 1. The van der Waals surface area contributed by atoms with Gasteiger partial charge in [-0.2, -0.15) is 0 Å². The minimum Gasteiger partial charge on any atom is -0.466 e. The lowest BCUT2D eigenvalue weighted by Gasteiger charge is -2.19. The summed E-state index contributed by atoms with van der Waals surface area (Å²) >= 11 is 0. The van der Waals surface area contributed by atoms with E-state index in [1.54, 1.807) is 0 Å². The molecule has 0 unspecified atom stereocenters. The number of rotatable bonds is 8. The monoisotopic (exact) mass is 359 g/mol. The van der Waals surface area contributed by atoms with Crippen molar-refractivity contribution in [3.63, 3.8) is 0 Å². The number of hydrogen-bond acceptors (Lipinski definition) is 3. The van der Waals surface area contributed by atoms with Crippen LogP contribution in [0.3, 0.4) is 0 Å². The quantitative estimate of drug-likeness (QED) is 0.573. The number of carbonyl (C=O) groups excluding carboxylic acids is 1. The lowest BCUT2D eigenvalue weighted by atomic mass is 9.91. The van der Waals surface area contributed by atoms with Gasteiger partial charge in [0.2, 0.25) is 0 Å². The third-order valence-corrected chi connectivity index (χ3v) is 4.52. The number of ether oxygens (including phenoxy) is 1. The topological polar surface area (TPSA) is 38.3 Å². The summed E-state index contributed by atoms with van der Waals surface area (Å²) in [7, 11) is 0. The van der Waals surface area contributed by atoms with Crippen LogP contribution in [0.2, 0.25) is 0 Å². The molecule has 3 rings (SSSR count). The first-order valence-corrected chi connectivity index (χ1v) is 9.34. The van der Waals surface area contributed by atoms with Crippen molar-refractivity contribution in [1.82, 2.24) is 0 Å². The summed E-state index contributed by atoms with van der Waals surface area (Å²) in [5.41, 5.74) is 4.58. The van der Waals surface area contributed by atoms with Gasteiger partial charge in [0.25, 0.3) is 0 Å². The lowest BCUT2D eigenvalue weighted by molar-refractivity contribution is -0.142. The molecule has 0 aliphatic heterocycles. The molecule has 0 aliphatic carbocycles. The number of hydrogen-bond donors (Lipinski definition) is 1. The second-order valence-electron chi connectivity index (χ2n) is 6.43. The zero-order valence-corrected chi connectivity index (χ0v) is 15.6. The van der Waals surface area contributed by atoms with Crippen LogP contribution in [0.1, 0.15) is 29.5 Å². The molecular formula is C24H25NO2. The third-order valence-electron chi connectivity index (χ3n) is 4.52. The van der Waals surface area contributed by atoms with Crippen molar-refractivity contribution >= 4 is 11.7 Å². The smallest absolute Gasteiger partial charge is 0.310 e. The van der Waals surface area contributed by atoms with E-state index in [0.717, 1.165) is 17.8 Å². The van der Waals surface area contributed by atoms with E-state index >= 15 is 0 Å². The number of benzene rings is 3. The Bertz CT molecular complexity index is 790. The Morgan fingerprint density at radius 2 is 1.41 bits per heavy atom. The summed E-state index contributed by atoms with van der Waals surface area (Å²) in [4.78, 5) is 11.6. The molecule has 27 heavy (non-hydrogen) atoms. The Hall–Kier alpha value is -3.07. The molecule has 3 aromatic carbocycles. The van der Waals surface area contributed by atoms with Gasteiger partial charge in [0.15, 0.2) is 0 Å². The Labute approximate surface area is 161 Å². The molecule has 0 fully saturated rings. The van der Waals surface area contributed by atoms with E-state index in [-0.39, 0.29) is 11.9 Å². The molecule has 3 heteroatoms. The van der Waals surface area contributed by atoms with Crippen LogP contribution in [0, 0.1) is 0 Å². The van der Waals surface area contributed by atoms with Crippen LogP contribution >= 0.6 is 0 Å². The molecule has 0 bridgehead atoms. The van der Waals surface area contributed by atoms with Gasteiger partial charge in [-0.1, -0.05) is 72.8 Å². The van der Waals surface area contributed by atoms with Gasteiger partial charge in [-0.05, 0) is 35.7 Å². The first kappa shape index (κ1) is 18.7. The molecule has 0 amide bonds. The first-order chi connectivity index (χ1) is 13.3. The fourth-order valence-electron chi connectivity index (χ4n) is 3.14. The predicted octanol–water partition coefficient (Wildman–Crippen LogP) is 5.04. The van der Waals surface area contributed by atoms with Gasteiger partial charge in [-0.25, -0.2) is 0 Å². The number of nitrogens with one attached hydrogen (secondary N) is 1. The average Bonchev–Trinajstić information content (AvgIpc) is 2.71. The molecule has 0 radical (unpaired) electrons. The second kappa shape index (κ2) is 9.58. The minimum absolute atomic E-state index is 0.188. The van der Waals surface area contributed by atoms with Gasteiger partial charge in [-0.15, -0.1) is 0 Å². The summed E-state index contributed by atoms with van der Waals surface area (Å²) in [6, 6.07) is 29.0. The van der Waals surface area contributed by atoms with Crippen molar-refractivity contribution in [1.29, 1.82) is 0 Å². The summed E-state index contributed by atoms with van der Waals surface area (Å²) < 4.78 is 5.00. The van der Waals surface area contributed by atoms with Gasteiger partial charge in [-0.3, -0.25) is 4.79 Å². The summed E-state index contributed by atoms with van der Waals surface area (Å²) in [5, 5.41) is 3.53. The van der Waals surface area contributed by atoms with Crippen LogP contribution in [-0.2, 0) is 16.0 Å². The first-order valence-electron chi connectivity index (χ1n) is 9.34. The Morgan fingerprint density at radius 3 is 1.93 bits per heavy atom. The van der Waals surface area contributed by atoms with Crippen molar-refractivity contribution in [2.24, 2.45) is 0 Å². The van der Waals surface area contributed by atoms with Crippen molar-refractivity contribution in [2.45, 2.75) is 19.3 Å². The van der Waals surface area contributed by atoms with E-state index in [1.165, 1.54) is 11.1 Å². The highest BCUT2D eigenvalue weighted by molar-refractivity contribution is 5.72.